The summed E-state index contributed by atoms with van der Waals surface area (Å²) in [6, 6.07) is 0. The van der Waals surface area contributed by atoms with Crippen LogP contribution >= 0.6 is 0 Å². The minimum Gasteiger partial charge on any atom is -0.384 e. The molecule has 0 amide bonds. The molecule has 0 aliphatic carbocycles. The van der Waals surface area contributed by atoms with Gasteiger partial charge in [0.05, 0.1) is 0 Å². The van der Waals surface area contributed by atoms with Crippen LogP contribution in [0.15, 0.2) is 0 Å². The van der Waals surface area contributed by atoms with Gasteiger partial charge in [-0.3, -0.25) is 4.79 Å². The van der Waals surface area contributed by atoms with E-state index < -0.39 is 6.10 Å². The maximum absolute atomic E-state index is 10.4. The molecule has 0 aromatic rings. The highest BCUT2D eigenvalue weighted by Crippen LogP contribution is 1.86. The first kappa shape index (κ1) is 7.59. The van der Waals surface area contributed by atoms with Crippen molar-refractivity contribution in [2.75, 3.05) is 6.54 Å². The summed E-state index contributed by atoms with van der Waals surface area (Å²) in [7, 11) is 0. The van der Waals surface area contributed by atoms with Crippen molar-refractivity contribution in [2.45, 2.75) is 19.4 Å². The summed E-state index contributed by atoms with van der Waals surface area (Å²) in [6.07, 6.45) is -0.585. The summed E-state index contributed by atoms with van der Waals surface area (Å²) in [5, 5.41) is 8.65. The molecule has 0 saturated heterocycles. The van der Waals surface area contributed by atoms with Gasteiger partial charge in [0.2, 0.25) is 0 Å². The molecule has 0 saturated carbocycles. The van der Waals surface area contributed by atoms with Crippen LogP contribution in [-0.4, -0.2) is 23.5 Å². The zero-order chi connectivity index (χ0) is 6.57. The van der Waals surface area contributed by atoms with E-state index in [-0.39, 0.29) is 12.3 Å². The zero-order valence-electron chi connectivity index (χ0n) is 4.92. The number of rotatable bonds is 3. The van der Waals surface area contributed by atoms with Gasteiger partial charge in [-0.25, -0.2) is 0 Å². The summed E-state index contributed by atoms with van der Waals surface area (Å²) in [5.41, 5.74) is 4.98. The van der Waals surface area contributed by atoms with Crippen LogP contribution in [-0.2, 0) is 4.79 Å². The molecular formula is C5H11NO2. The third-order valence-electron chi connectivity index (χ3n) is 0.943. The highest BCUT2D eigenvalue weighted by molar-refractivity contribution is 5.82. The summed E-state index contributed by atoms with van der Waals surface area (Å²) < 4.78 is 0. The Kier molecular flexibility index (Phi) is 3.39. The van der Waals surface area contributed by atoms with Crippen LogP contribution < -0.4 is 5.73 Å². The Morgan fingerprint density at radius 3 is 2.50 bits per heavy atom. The molecule has 0 bridgehead atoms. The Hall–Kier alpha value is -0.410. The Balaban J connectivity index is 3.46. The van der Waals surface area contributed by atoms with Crippen LogP contribution in [0.25, 0.3) is 0 Å². The van der Waals surface area contributed by atoms with Crippen molar-refractivity contribution in [3.63, 3.8) is 0 Å². The topological polar surface area (TPSA) is 63.3 Å². The molecule has 0 aliphatic heterocycles. The molecule has 0 unspecified atom stereocenters. The monoisotopic (exact) mass is 117 g/mol. The molecule has 0 rings (SSSR count). The predicted molar refractivity (Wildman–Crippen MR) is 30.4 cm³/mol. The zero-order valence-corrected chi connectivity index (χ0v) is 4.92. The number of carbonyl (C=O) groups is 1. The fourth-order valence-corrected chi connectivity index (χ4v) is 0.367. The fourth-order valence-electron chi connectivity index (χ4n) is 0.367. The highest BCUT2D eigenvalue weighted by atomic mass is 16.3. The van der Waals surface area contributed by atoms with Crippen molar-refractivity contribution in [2.24, 2.45) is 5.73 Å². The normalized spacial score (nSPS) is 13.4. The quantitative estimate of drug-likeness (QED) is 0.513. The van der Waals surface area contributed by atoms with Crippen LogP contribution in [0, 0.1) is 0 Å². The number of ketones is 1. The van der Waals surface area contributed by atoms with E-state index in [1.54, 1.807) is 6.92 Å². The fraction of sp³-hybridized carbons (Fsp3) is 0.800. The van der Waals surface area contributed by atoms with E-state index in [0.717, 1.165) is 0 Å². The predicted octanol–water partition coefficient (Wildman–Crippen LogP) is -0.715. The lowest BCUT2D eigenvalue weighted by molar-refractivity contribution is -0.126. The van der Waals surface area contributed by atoms with Crippen molar-refractivity contribution >= 4 is 5.78 Å². The average Bonchev–Trinajstić information content (AvgIpc) is 1.84. The summed E-state index contributed by atoms with van der Waals surface area (Å²) >= 11 is 0. The first-order chi connectivity index (χ1) is 3.72. The van der Waals surface area contributed by atoms with Crippen LogP contribution in [0.3, 0.4) is 0 Å². The third-order valence-corrected chi connectivity index (χ3v) is 0.943. The molecule has 3 N–H and O–H groups in total. The Labute approximate surface area is 48.5 Å². The molecule has 0 aliphatic rings. The maximum Gasteiger partial charge on any atom is 0.162 e. The highest BCUT2D eigenvalue weighted by Gasteiger charge is 2.08. The van der Waals surface area contributed by atoms with Gasteiger partial charge in [0.15, 0.2) is 5.78 Å². The maximum atomic E-state index is 10.4. The van der Waals surface area contributed by atoms with E-state index in [1.165, 1.54) is 0 Å². The number of hydrogen-bond acceptors (Lipinski definition) is 3. The van der Waals surface area contributed by atoms with Gasteiger partial charge in [-0.1, -0.05) is 6.92 Å². The van der Waals surface area contributed by atoms with Crippen molar-refractivity contribution in [3.8, 4) is 0 Å². The SMILES string of the molecule is CCC(=O)[C@H](O)CN. The molecule has 0 fully saturated rings. The lowest BCUT2D eigenvalue weighted by atomic mass is 10.2. The van der Waals surface area contributed by atoms with E-state index in [1.807, 2.05) is 0 Å². The van der Waals surface area contributed by atoms with Gasteiger partial charge in [-0.2, -0.15) is 0 Å². The van der Waals surface area contributed by atoms with Gasteiger partial charge in [-0.05, 0) is 0 Å². The van der Waals surface area contributed by atoms with Crippen molar-refractivity contribution in [3.05, 3.63) is 0 Å². The number of carbonyl (C=O) groups excluding carboxylic acids is 1. The Morgan fingerprint density at radius 1 is 1.88 bits per heavy atom. The molecule has 0 aromatic heterocycles. The molecule has 0 radical (unpaired) electrons. The number of aliphatic hydroxyl groups is 1. The van der Waals surface area contributed by atoms with E-state index in [9.17, 15) is 4.79 Å². The molecular weight excluding hydrogens is 106 g/mol. The Morgan fingerprint density at radius 2 is 2.38 bits per heavy atom. The Bertz CT molecular complexity index is 82.5. The molecule has 0 aromatic carbocycles. The van der Waals surface area contributed by atoms with Crippen LogP contribution in [0.5, 0.6) is 0 Å². The van der Waals surface area contributed by atoms with E-state index in [2.05, 4.69) is 0 Å². The average molecular weight is 117 g/mol. The summed E-state index contributed by atoms with van der Waals surface area (Å²) in [4.78, 5) is 10.4. The lowest BCUT2D eigenvalue weighted by Gasteiger charge is -2.01. The second-order valence-electron chi connectivity index (χ2n) is 1.57. The number of aliphatic hydroxyl groups excluding tert-OH is 1. The van der Waals surface area contributed by atoms with Crippen LogP contribution in [0.2, 0.25) is 0 Å². The van der Waals surface area contributed by atoms with Gasteiger partial charge < -0.3 is 10.8 Å². The minimum absolute atomic E-state index is 0.0344. The van der Waals surface area contributed by atoms with E-state index >= 15 is 0 Å². The molecule has 3 nitrogen and oxygen atoms in total. The van der Waals surface area contributed by atoms with Gasteiger partial charge in [0.1, 0.15) is 6.10 Å². The first-order valence-electron chi connectivity index (χ1n) is 2.63. The number of nitrogens with two attached hydrogens (primary N) is 1. The van der Waals surface area contributed by atoms with Crippen molar-refractivity contribution < 1.29 is 9.90 Å². The van der Waals surface area contributed by atoms with Gasteiger partial charge >= 0.3 is 0 Å². The molecule has 8 heavy (non-hydrogen) atoms. The molecule has 0 heterocycles. The third kappa shape index (κ3) is 2.04. The molecule has 3 heteroatoms. The molecule has 1 atom stereocenters. The lowest BCUT2D eigenvalue weighted by Crippen LogP contribution is -2.28. The number of hydrogen-bond donors (Lipinski definition) is 2. The van der Waals surface area contributed by atoms with Crippen molar-refractivity contribution in [1.29, 1.82) is 0 Å². The van der Waals surface area contributed by atoms with Gasteiger partial charge in [-0.15, -0.1) is 0 Å². The summed E-state index contributed by atoms with van der Waals surface area (Å²) in [5.74, 6) is -0.187. The van der Waals surface area contributed by atoms with Gasteiger partial charge in [0, 0.05) is 13.0 Å². The molecule has 0 spiro atoms. The number of Topliss-reactive ketones (excluding diaryl/α,β-unsaturated/α-hetero) is 1. The first-order valence-corrected chi connectivity index (χ1v) is 2.63. The van der Waals surface area contributed by atoms with Crippen molar-refractivity contribution in [1.82, 2.24) is 0 Å². The minimum atomic E-state index is -0.944. The van der Waals surface area contributed by atoms with Gasteiger partial charge in [0.25, 0.3) is 0 Å². The second kappa shape index (κ2) is 3.57. The van der Waals surface area contributed by atoms with Crippen LogP contribution in [0.1, 0.15) is 13.3 Å². The van der Waals surface area contributed by atoms with Crippen LogP contribution in [0.4, 0.5) is 0 Å². The smallest absolute Gasteiger partial charge is 0.162 e. The molecule has 48 valence electrons. The second-order valence-corrected chi connectivity index (χ2v) is 1.57. The standard InChI is InChI=1S/C5H11NO2/c1-2-4(7)5(8)3-6/h5,8H,2-3,6H2,1H3/t5-/m1/s1. The largest absolute Gasteiger partial charge is 0.384 e. The summed E-state index contributed by atoms with van der Waals surface area (Å²) in [6.45, 7) is 1.73. The van der Waals surface area contributed by atoms with E-state index in [0.29, 0.717) is 6.42 Å². The van der Waals surface area contributed by atoms with E-state index in [4.69, 9.17) is 10.8 Å².